The predicted molar refractivity (Wildman–Crippen MR) is 192 cm³/mol. The fourth-order valence-electron chi connectivity index (χ4n) is 5.70. The predicted octanol–water partition coefficient (Wildman–Crippen LogP) is 4.16. The summed E-state index contributed by atoms with van der Waals surface area (Å²) in [4.78, 5) is 63.0. The first-order valence-electron chi connectivity index (χ1n) is 16.3. The molecule has 1 heterocycles. The smallest absolute Gasteiger partial charge is 0.371 e. The summed E-state index contributed by atoms with van der Waals surface area (Å²) in [6.45, 7) is 2.06. The molecule has 14 nitrogen and oxygen atoms in total. The lowest BCUT2D eigenvalue weighted by molar-refractivity contribution is -0.135. The lowest BCUT2D eigenvalue weighted by Gasteiger charge is -2.29. The first kappa shape index (κ1) is 38.2. The van der Waals surface area contributed by atoms with E-state index < -0.39 is 63.2 Å². The van der Waals surface area contributed by atoms with Crippen molar-refractivity contribution in [3.8, 4) is 11.3 Å². The summed E-state index contributed by atoms with van der Waals surface area (Å²) in [7, 11) is -2.65. The number of aliphatic hydroxyl groups excluding tert-OH is 1. The number of nitrogens with one attached hydrogen (secondary N) is 3. The van der Waals surface area contributed by atoms with Crippen LogP contribution in [0.1, 0.15) is 64.4 Å². The van der Waals surface area contributed by atoms with Crippen LogP contribution in [0.3, 0.4) is 0 Å². The molecule has 0 saturated heterocycles. The standard InChI is InChI=1S/C37H37FN4O10S/c1-37(2,36(49)40-18-20-6-5-7-23(14-20)28(43)17-29(44)35(47)48)41-31(45)19-42(53(4,50)51)27-16-30-26(15-25(27)21-8-9-21)32(34(46)39-3)33(52-30)22-10-12-24(38)13-11-22/h5-7,10-17,21,44H,8-9,18-19H2,1-4H3,(H,39,46)(H,40,49)(H,41,45)(H,47,48)/b29-17-. The highest BCUT2D eigenvalue weighted by Crippen LogP contribution is 2.48. The minimum absolute atomic E-state index is 0.0571. The molecule has 3 aromatic carbocycles. The van der Waals surface area contributed by atoms with E-state index in [-0.39, 0.29) is 40.6 Å². The molecule has 4 aromatic rings. The Hall–Kier alpha value is -6.03. The maximum Gasteiger partial charge on any atom is 0.371 e. The number of anilines is 1. The average molecular weight is 749 g/mol. The van der Waals surface area contributed by atoms with Gasteiger partial charge in [-0.1, -0.05) is 18.2 Å². The Balaban J connectivity index is 1.38. The van der Waals surface area contributed by atoms with Crippen molar-refractivity contribution in [1.82, 2.24) is 16.0 Å². The summed E-state index contributed by atoms with van der Waals surface area (Å²) < 4.78 is 47.3. The second-order valence-corrected chi connectivity index (χ2v) is 15.0. The van der Waals surface area contributed by atoms with Crippen molar-refractivity contribution in [3.63, 3.8) is 0 Å². The Morgan fingerprint density at radius 2 is 1.70 bits per heavy atom. The fourth-order valence-corrected chi connectivity index (χ4v) is 6.57. The molecule has 278 valence electrons. The quantitative estimate of drug-likeness (QED) is 0.0706. The lowest BCUT2D eigenvalue weighted by atomic mass is 10.0. The third-order valence-corrected chi connectivity index (χ3v) is 9.67. The van der Waals surface area contributed by atoms with Crippen LogP contribution >= 0.6 is 0 Å². The van der Waals surface area contributed by atoms with E-state index in [0.29, 0.717) is 28.2 Å². The summed E-state index contributed by atoms with van der Waals surface area (Å²) in [6.07, 6.45) is 2.99. The molecule has 0 atom stereocenters. The van der Waals surface area contributed by atoms with Crippen molar-refractivity contribution in [2.45, 2.75) is 44.7 Å². The highest BCUT2D eigenvalue weighted by atomic mass is 32.2. The van der Waals surface area contributed by atoms with E-state index in [1.165, 1.54) is 69.4 Å². The number of amides is 3. The van der Waals surface area contributed by atoms with Crippen LogP contribution in [-0.4, -0.2) is 73.5 Å². The van der Waals surface area contributed by atoms with Gasteiger partial charge in [0, 0.05) is 42.2 Å². The van der Waals surface area contributed by atoms with Gasteiger partial charge in [0.2, 0.25) is 27.6 Å². The third kappa shape index (κ3) is 8.72. The van der Waals surface area contributed by atoms with Gasteiger partial charge in [-0.25, -0.2) is 17.6 Å². The number of furan rings is 1. The number of benzene rings is 3. The van der Waals surface area contributed by atoms with Crippen molar-refractivity contribution >= 4 is 56.2 Å². The van der Waals surface area contributed by atoms with Gasteiger partial charge in [0.15, 0.2) is 5.78 Å². The normalized spacial score (nSPS) is 13.3. The van der Waals surface area contributed by atoms with Crippen molar-refractivity contribution in [2.24, 2.45) is 0 Å². The molecular formula is C37H37FN4O10S. The van der Waals surface area contributed by atoms with Crippen LogP contribution in [0.5, 0.6) is 0 Å². The number of allylic oxidation sites excluding steroid dienone is 1. The van der Waals surface area contributed by atoms with Gasteiger partial charge < -0.3 is 30.6 Å². The third-order valence-electron chi connectivity index (χ3n) is 8.54. The Bertz CT molecular complexity index is 2280. The van der Waals surface area contributed by atoms with Gasteiger partial charge in [0.1, 0.15) is 29.2 Å². The number of carboxylic acid groups (broad SMARTS) is 1. The van der Waals surface area contributed by atoms with Crippen LogP contribution in [0.2, 0.25) is 0 Å². The molecule has 0 bridgehead atoms. The zero-order valence-corrected chi connectivity index (χ0v) is 30.0. The number of carboxylic acids is 1. The zero-order chi connectivity index (χ0) is 38.8. The summed E-state index contributed by atoms with van der Waals surface area (Å²) in [5, 5.41) is 26.4. The molecule has 0 spiro atoms. The summed E-state index contributed by atoms with van der Waals surface area (Å²) in [5.41, 5.74) is 0.504. The van der Waals surface area contributed by atoms with Crippen LogP contribution in [-0.2, 0) is 31.0 Å². The first-order valence-corrected chi connectivity index (χ1v) is 18.2. The van der Waals surface area contributed by atoms with Crippen LogP contribution in [0.25, 0.3) is 22.3 Å². The lowest BCUT2D eigenvalue weighted by Crippen LogP contribution is -2.56. The summed E-state index contributed by atoms with van der Waals surface area (Å²) >= 11 is 0. The summed E-state index contributed by atoms with van der Waals surface area (Å²) in [6, 6.07) is 14.4. The molecule has 5 N–H and O–H groups in total. The monoisotopic (exact) mass is 748 g/mol. The molecule has 5 rings (SSSR count). The van der Waals surface area contributed by atoms with E-state index in [1.807, 2.05) is 0 Å². The Labute approximate surface area is 303 Å². The molecule has 0 radical (unpaired) electrons. The van der Waals surface area contributed by atoms with Crippen LogP contribution in [0.15, 0.2) is 76.9 Å². The molecule has 1 saturated carbocycles. The van der Waals surface area contributed by atoms with Gasteiger partial charge in [0.05, 0.1) is 17.5 Å². The Morgan fingerprint density at radius 1 is 1.02 bits per heavy atom. The van der Waals surface area contributed by atoms with Crippen LogP contribution in [0.4, 0.5) is 10.1 Å². The number of hydrogen-bond acceptors (Lipinski definition) is 9. The first-order chi connectivity index (χ1) is 24.9. The number of carbonyl (C=O) groups is 5. The molecule has 53 heavy (non-hydrogen) atoms. The Kier molecular flexibility index (Phi) is 10.7. The Morgan fingerprint density at radius 3 is 2.30 bits per heavy atom. The highest BCUT2D eigenvalue weighted by molar-refractivity contribution is 7.92. The number of carbonyl (C=O) groups excluding carboxylic acids is 4. The van der Waals surface area contributed by atoms with Crippen molar-refractivity contribution < 1.29 is 51.4 Å². The number of aliphatic carboxylic acids is 1. The van der Waals surface area contributed by atoms with Gasteiger partial charge >= 0.3 is 5.97 Å². The number of aliphatic hydroxyl groups is 1. The molecular weight excluding hydrogens is 711 g/mol. The molecule has 0 aliphatic heterocycles. The number of rotatable bonds is 14. The number of ketones is 1. The van der Waals surface area contributed by atoms with Gasteiger partial charge in [-0.05, 0) is 80.1 Å². The molecule has 3 amide bonds. The maximum absolute atomic E-state index is 13.7. The molecule has 1 fully saturated rings. The topological polar surface area (TPSA) is 212 Å². The average Bonchev–Trinajstić information content (AvgIpc) is 3.88. The second-order valence-electron chi connectivity index (χ2n) is 13.1. The minimum atomic E-state index is -4.11. The molecule has 1 aromatic heterocycles. The van der Waals surface area contributed by atoms with E-state index in [1.54, 1.807) is 12.1 Å². The van der Waals surface area contributed by atoms with Crippen molar-refractivity contribution in [2.75, 3.05) is 24.2 Å². The largest absolute Gasteiger partial charge is 0.502 e. The number of nitrogens with zero attached hydrogens (tertiary/aromatic N) is 1. The van der Waals surface area contributed by atoms with Gasteiger partial charge in [-0.2, -0.15) is 0 Å². The van der Waals surface area contributed by atoms with E-state index >= 15 is 0 Å². The van der Waals surface area contributed by atoms with Gasteiger partial charge in [-0.15, -0.1) is 0 Å². The van der Waals surface area contributed by atoms with Crippen LogP contribution in [0, 0.1) is 5.82 Å². The maximum atomic E-state index is 13.7. The summed E-state index contributed by atoms with van der Waals surface area (Å²) in [5.74, 6) is -5.85. The molecule has 1 aliphatic rings. The number of halogens is 1. The molecule has 1 aliphatic carbocycles. The number of hydrogen-bond donors (Lipinski definition) is 5. The molecule has 0 unspecified atom stereocenters. The minimum Gasteiger partial charge on any atom is -0.502 e. The SMILES string of the molecule is CNC(=O)c1c(-c2ccc(F)cc2)oc2cc(N(CC(=O)NC(C)(C)C(=O)NCc3cccc(C(=O)/C=C(\O)C(=O)O)c3)S(C)(=O)=O)c(C3CC3)cc12. The highest BCUT2D eigenvalue weighted by Gasteiger charge is 2.35. The van der Waals surface area contributed by atoms with E-state index in [4.69, 9.17) is 9.52 Å². The van der Waals surface area contributed by atoms with E-state index in [0.717, 1.165) is 23.4 Å². The molecule has 16 heteroatoms. The van der Waals surface area contributed by atoms with Gasteiger partial charge in [0.25, 0.3) is 5.91 Å². The fraction of sp³-hybridized carbons (Fsp3) is 0.270. The van der Waals surface area contributed by atoms with Crippen LogP contribution < -0.4 is 20.3 Å². The van der Waals surface area contributed by atoms with E-state index in [2.05, 4.69) is 16.0 Å². The number of fused-ring (bicyclic) bond motifs is 1. The van der Waals surface area contributed by atoms with Crippen molar-refractivity contribution in [3.05, 3.63) is 101 Å². The van der Waals surface area contributed by atoms with Gasteiger partial charge in [-0.3, -0.25) is 23.5 Å². The second kappa shape index (κ2) is 14.9. The number of sulfonamides is 1. The van der Waals surface area contributed by atoms with Crippen molar-refractivity contribution in [1.29, 1.82) is 0 Å². The zero-order valence-electron chi connectivity index (χ0n) is 29.2. The van der Waals surface area contributed by atoms with E-state index in [9.17, 15) is 41.9 Å².